The number of ether oxygens (including phenoxy) is 2. The third kappa shape index (κ3) is 2.51. The Labute approximate surface area is 124 Å². The van der Waals surface area contributed by atoms with Crippen LogP contribution in [0.5, 0.6) is 0 Å². The molecule has 1 aliphatic heterocycles. The van der Waals surface area contributed by atoms with Crippen LogP contribution >= 0.6 is 0 Å². The van der Waals surface area contributed by atoms with Gasteiger partial charge < -0.3 is 19.8 Å². The smallest absolute Gasteiger partial charge is 0.168 e. The van der Waals surface area contributed by atoms with Gasteiger partial charge in [-0.2, -0.15) is 0 Å². The molecule has 1 aromatic heterocycles. The molecule has 0 radical (unpaired) electrons. The molecule has 4 rings (SSSR count). The topological polar surface area (TPSA) is 59.2 Å². The first-order valence-corrected chi connectivity index (χ1v) is 7.73. The van der Waals surface area contributed by atoms with E-state index >= 15 is 0 Å². The molecule has 5 heteroatoms. The predicted molar refractivity (Wildman–Crippen MR) is 81.3 cm³/mol. The fourth-order valence-electron chi connectivity index (χ4n) is 3.45. The van der Waals surface area contributed by atoms with Crippen molar-refractivity contribution < 1.29 is 9.47 Å². The van der Waals surface area contributed by atoms with Crippen molar-refractivity contribution in [1.82, 2.24) is 9.97 Å². The van der Waals surface area contributed by atoms with Gasteiger partial charge in [-0.3, -0.25) is 0 Å². The number of fused-ring (bicyclic) bond motifs is 1. The summed E-state index contributed by atoms with van der Waals surface area (Å²) in [4.78, 5) is 7.72. The zero-order chi connectivity index (χ0) is 14.3. The van der Waals surface area contributed by atoms with E-state index in [4.69, 9.17) is 9.47 Å². The molecule has 1 saturated heterocycles. The third-order valence-electron chi connectivity index (χ3n) is 4.53. The first-order chi connectivity index (χ1) is 10.2. The molecule has 0 atom stereocenters. The number of imidazole rings is 1. The third-order valence-corrected chi connectivity index (χ3v) is 4.53. The zero-order valence-corrected chi connectivity index (χ0v) is 12.3. The maximum Gasteiger partial charge on any atom is 0.168 e. The number of H-pyrrole nitrogens is 1. The second kappa shape index (κ2) is 5.00. The van der Waals surface area contributed by atoms with Crippen molar-refractivity contribution in [1.29, 1.82) is 0 Å². The molecule has 0 bridgehead atoms. The standard InChI is InChI=1S/C16H21N3O2/c1-11-17-14-3-2-13(10-15(14)18-11)19-12-4-6-16(7-5-12)20-8-9-21-16/h2-3,10,12,19H,4-9H2,1H3,(H,17,18). The number of hydrogen-bond acceptors (Lipinski definition) is 4. The van der Waals surface area contributed by atoms with Gasteiger partial charge in [-0.15, -0.1) is 0 Å². The van der Waals surface area contributed by atoms with Crippen molar-refractivity contribution in [3.05, 3.63) is 24.0 Å². The number of rotatable bonds is 2. The lowest BCUT2D eigenvalue weighted by Gasteiger charge is -2.36. The summed E-state index contributed by atoms with van der Waals surface area (Å²) in [5.41, 5.74) is 3.26. The minimum Gasteiger partial charge on any atom is -0.382 e. The lowest BCUT2D eigenvalue weighted by molar-refractivity contribution is -0.177. The van der Waals surface area contributed by atoms with Crippen LogP contribution in [0, 0.1) is 6.92 Å². The van der Waals surface area contributed by atoms with Crippen molar-refractivity contribution in [3.8, 4) is 0 Å². The van der Waals surface area contributed by atoms with Crippen molar-refractivity contribution in [2.24, 2.45) is 0 Å². The molecule has 2 heterocycles. The normalized spacial score (nSPS) is 22.1. The average molecular weight is 287 g/mol. The molecule has 2 aromatic rings. The van der Waals surface area contributed by atoms with Crippen LogP contribution in [0.1, 0.15) is 31.5 Å². The molecule has 1 aliphatic carbocycles. The van der Waals surface area contributed by atoms with E-state index in [1.165, 1.54) is 0 Å². The zero-order valence-electron chi connectivity index (χ0n) is 12.3. The fourth-order valence-corrected chi connectivity index (χ4v) is 3.45. The Morgan fingerprint density at radius 3 is 2.76 bits per heavy atom. The number of nitrogens with one attached hydrogen (secondary N) is 2. The molecule has 0 unspecified atom stereocenters. The van der Waals surface area contributed by atoms with Crippen LogP contribution in [0.2, 0.25) is 0 Å². The first kappa shape index (κ1) is 13.1. The second-order valence-corrected chi connectivity index (χ2v) is 6.08. The summed E-state index contributed by atoms with van der Waals surface area (Å²) in [7, 11) is 0. The molecule has 5 nitrogen and oxygen atoms in total. The molecule has 2 aliphatic rings. The summed E-state index contributed by atoms with van der Waals surface area (Å²) in [5, 5.41) is 3.63. The maximum atomic E-state index is 5.78. The van der Waals surface area contributed by atoms with Gasteiger partial charge in [0, 0.05) is 24.6 Å². The van der Waals surface area contributed by atoms with Gasteiger partial charge in [-0.1, -0.05) is 0 Å². The predicted octanol–water partition coefficient (Wildman–Crippen LogP) is 2.97. The largest absolute Gasteiger partial charge is 0.382 e. The Morgan fingerprint density at radius 1 is 1.24 bits per heavy atom. The van der Waals surface area contributed by atoms with Gasteiger partial charge in [-0.05, 0) is 38.0 Å². The van der Waals surface area contributed by atoms with Crippen molar-refractivity contribution in [2.45, 2.75) is 44.4 Å². The van der Waals surface area contributed by atoms with Gasteiger partial charge in [0.25, 0.3) is 0 Å². The van der Waals surface area contributed by atoms with Crippen LogP contribution in [-0.4, -0.2) is 35.0 Å². The Bertz CT molecular complexity index is 636. The first-order valence-electron chi connectivity index (χ1n) is 7.73. The summed E-state index contributed by atoms with van der Waals surface area (Å²) in [6.45, 7) is 3.47. The van der Waals surface area contributed by atoms with Crippen LogP contribution in [0.25, 0.3) is 11.0 Å². The highest BCUT2D eigenvalue weighted by atomic mass is 16.7. The van der Waals surface area contributed by atoms with Crippen molar-refractivity contribution >= 4 is 16.7 Å². The molecular formula is C16H21N3O2. The lowest BCUT2D eigenvalue weighted by Crippen LogP contribution is -2.39. The van der Waals surface area contributed by atoms with E-state index in [0.717, 1.165) is 61.4 Å². The van der Waals surface area contributed by atoms with Gasteiger partial charge >= 0.3 is 0 Å². The number of anilines is 1. The number of aromatic amines is 1. The lowest BCUT2D eigenvalue weighted by atomic mass is 9.90. The van der Waals surface area contributed by atoms with E-state index in [1.807, 2.05) is 6.92 Å². The van der Waals surface area contributed by atoms with Crippen molar-refractivity contribution in [3.63, 3.8) is 0 Å². The minimum absolute atomic E-state index is 0.275. The SMILES string of the molecule is Cc1nc2ccc(NC3CCC4(CC3)OCCO4)cc2[nH]1. The Hall–Kier alpha value is -1.59. The van der Waals surface area contributed by atoms with Crippen LogP contribution in [0.3, 0.4) is 0 Å². The highest BCUT2D eigenvalue weighted by molar-refractivity contribution is 5.79. The molecule has 1 aromatic carbocycles. The second-order valence-electron chi connectivity index (χ2n) is 6.08. The van der Waals surface area contributed by atoms with Gasteiger partial charge in [-0.25, -0.2) is 4.98 Å². The van der Waals surface area contributed by atoms with Crippen LogP contribution < -0.4 is 5.32 Å². The Balaban J connectivity index is 1.43. The minimum atomic E-state index is -0.275. The molecule has 2 fully saturated rings. The number of hydrogen-bond donors (Lipinski definition) is 2. The molecule has 2 N–H and O–H groups in total. The molecule has 0 amide bonds. The Morgan fingerprint density at radius 2 is 2.00 bits per heavy atom. The van der Waals surface area contributed by atoms with E-state index < -0.39 is 0 Å². The summed E-state index contributed by atoms with van der Waals surface area (Å²) < 4.78 is 11.6. The molecule has 1 saturated carbocycles. The van der Waals surface area contributed by atoms with E-state index in [2.05, 4.69) is 33.5 Å². The van der Waals surface area contributed by atoms with E-state index in [0.29, 0.717) is 6.04 Å². The summed E-state index contributed by atoms with van der Waals surface area (Å²) >= 11 is 0. The number of benzene rings is 1. The number of nitrogens with zero attached hydrogens (tertiary/aromatic N) is 1. The van der Waals surface area contributed by atoms with Gasteiger partial charge in [0.1, 0.15) is 5.82 Å². The van der Waals surface area contributed by atoms with E-state index in [9.17, 15) is 0 Å². The maximum absolute atomic E-state index is 5.78. The average Bonchev–Trinajstić information content (AvgIpc) is 3.07. The molecule has 112 valence electrons. The number of aryl methyl sites for hydroxylation is 1. The van der Waals surface area contributed by atoms with Gasteiger partial charge in [0.15, 0.2) is 5.79 Å². The quantitative estimate of drug-likeness (QED) is 0.891. The molecule has 21 heavy (non-hydrogen) atoms. The monoisotopic (exact) mass is 287 g/mol. The van der Waals surface area contributed by atoms with E-state index in [-0.39, 0.29) is 5.79 Å². The highest BCUT2D eigenvalue weighted by Crippen LogP contribution is 2.36. The Kier molecular flexibility index (Phi) is 3.12. The van der Waals surface area contributed by atoms with Crippen LogP contribution in [0.4, 0.5) is 5.69 Å². The number of aromatic nitrogens is 2. The van der Waals surface area contributed by atoms with Crippen LogP contribution in [0.15, 0.2) is 18.2 Å². The summed E-state index contributed by atoms with van der Waals surface area (Å²) in [5.74, 6) is 0.681. The molecular weight excluding hydrogens is 266 g/mol. The van der Waals surface area contributed by atoms with Crippen molar-refractivity contribution in [2.75, 3.05) is 18.5 Å². The molecule has 1 spiro atoms. The summed E-state index contributed by atoms with van der Waals surface area (Å²) in [6.07, 6.45) is 4.13. The summed E-state index contributed by atoms with van der Waals surface area (Å²) in [6, 6.07) is 6.80. The van der Waals surface area contributed by atoms with E-state index in [1.54, 1.807) is 0 Å². The van der Waals surface area contributed by atoms with Gasteiger partial charge in [0.2, 0.25) is 0 Å². The fraction of sp³-hybridized carbons (Fsp3) is 0.562. The van der Waals surface area contributed by atoms with Gasteiger partial charge in [0.05, 0.1) is 24.2 Å². The van der Waals surface area contributed by atoms with Crippen LogP contribution in [-0.2, 0) is 9.47 Å². The highest BCUT2D eigenvalue weighted by Gasteiger charge is 2.40.